The van der Waals surface area contributed by atoms with Gasteiger partial charge in [-0.1, -0.05) is 20.8 Å². The molecule has 194 valence electrons. The van der Waals surface area contributed by atoms with Gasteiger partial charge >= 0.3 is 11.9 Å². The molecule has 0 N–H and O–H groups in total. The Labute approximate surface area is 208 Å². The van der Waals surface area contributed by atoms with E-state index in [1.165, 1.54) is 44.9 Å². The number of carbonyl (C=O) groups excluding carboxylic acids is 2. The van der Waals surface area contributed by atoms with E-state index in [-0.39, 0.29) is 18.0 Å². The van der Waals surface area contributed by atoms with E-state index in [1.807, 2.05) is 20.8 Å². The molecule has 0 bridgehead atoms. The summed E-state index contributed by atoms with van der Waals surface area (Å²) in [5.74, 6) is 4.38. The Kier molecular flexibility index (Phi) is 7.22. The van der Waals surface area contributed by atoms with Gasteiger partial charge in [0.25, 0.3) is 0 Å². The Balaban J connectivity index is 1.40. The van der Waals surface area contributed by atoms with E-state index >= 15 is 0 Å². The molecule has 4 nitrogen and oxygen atoms in total. The predicted octanol–water partition coefficient (Wildman–Crippen LogP) is 7.34. The largest absolute Gasteiger partial charge is 0.463 e. The average Bonchev–Trinajstić information content (AvgIpc) is 3.08. The van der Waals surface area contributed by atoms with Crippen LogP contribution >= 0.6 is 0 Å². The van der Waals surface area contributed by atoms with Crippen LogP contribution in [0.4, 0.5) is 0 Å². The van der Waals surface area contributed by atoms with Crippen LogP contribution in [0.1, 0.15) is 119 Å². The first-order valence-electron chi connectivity index (χ1n) is 14.2. The summed E-state index contributed by atoms with van der Waals surface area (Å²) in [6.45, 7) is 15.0. The molecule has 4 heteroatoms. The minimum atomic E-state index is -0.393. The molecule has 34 heavy (non-hydrogen) atoms. The molecule has 0 aromatic heterocycles. The standard InChI is InChI=1S/C30H50O4/c1-19(8-13-27(32)34-28(3,4)5)24-11-12-25-23-10-9-21-18-22(33-20(2)31)14-16-29(21,6)26(23)15-17-30(24,25)7/h19,21-26H,8-18H2,1-7H3/t19-,21-,22-,23+,24?,25+,26+,29+,30-/m1/s1. The first-order valence-corrected chi connectivity index (χ1v) is 14.2. The van der Waals surface area contributed by atoms with E-state index in [0.29, 0.717) is 29.1 Å². The smallest absolute Gasteiger partial charge is 0.306 e. The molecule has 4 rings (SSSR count). The molecule has 0 amide bonds. The van der Waals surface area contributed by atoms with Crippen molar-refractivity contribution in [2.75, 3.05) is 0 Å². The number of fused-ring (bicyclic) bond motifs is 5. The van der Waals surface area contributed by atoms with Crippen LogP contribution in [-0.2, 0) is 19.1 Å². The molecule has 9 atom stereocenters. The van der Waals surface area contributed by atoms with Crippen molar-refractivity contribution in [2.24, 2.45) is 46.3 Å². The van der Waals surface area contributed by atoms with Crippen LogP contribution in [0.5, 0.6) is 0 Å². The number of ether oxygens (including phenoxy) is 2. The van der Waals surface area contributed by atoms with Crippen LogP contribution in [0.15, 0.2) is 0 Å². The highest BCUT2D eigenvalue weighted by Crippen LogP contribution is 2.68. The van der Waals surface area contributed by atoms with Gasteiger partial charge in [0.15, 0.2) is 0 Å². The van der Waals surface area contributed by atoms with Crippen LogP contribution in [-0.4, -0.2) is 23.6 Å². The fourth-order valence-electron chi connectivity index (χ4n) is 9.47. The Morgan fingerprint density at radius 1 is 0.941 bits per heavy atom. The van der Waals surface area contributed by atoms with Crippen molar-refractivity contribution in [3.63, 3.8) is 0 Å². The summed E-state index contributed by atoms with van der Waals surface area (Å²) in [6, 6.07) is 0. The van der Waals surface area contributed by atoms with Gasteiger partial charge in [0, 0.05) is 13.3 Å². The third-order valence-electron chi connectivity index (χ3n) is 10.9. The zero-order chi connectivity index (χ0) is 24.9. The average molecular weight is 475 g/mol. The first-order chi connectivity index (χ1) is 15.8. The topological polar surface area (TPSA) is 52.6 Å². The summed E-state index contributed by atoms with van der Waals surface area (Å²) in [7, 11) is 0. The van der Waals surface area contributed by atoms with Crippen LogP contribution < -0.4 is 0 Å². The maximum Gasteiger partial charge on any atom is 0.306 e. The second-order valence-electron chi connectivity index (χ2n) is 14.0. The molecule has 0 heterocycles. The van der Waals surface area contributed by atoms with E-state index in [9.17, 15) is 9.59 Å². The lowest BCUT2D eigenvalue weighted by Crippen LogP contribution is -2.54. The molecule has 4 saturated carbocycles. The SMILES string of the molecule is CC(=O)O[C@@H]1CC[C@@]2(C)[C@H](CC[C@@H]3[C@@H]2CC[C@]2(C)C([C@H](C)CCC(=O)OC(C)(C)C)CC[C@@H]32)C1. The maximum absolute atomic E-state index is 12.3. The second-order valence-corrected chi connectivity index (χ2v) is 14.0. The highest BCUT2D eigenvalue weighted by atomic mass is 16.6. The third-order valence-corrected chi connectivity index (χ3v) is 10.9. The van der Waals surface area contributed by atoms with Gasteiger partial charge in [-0.3, -0.25) is 9.59 Å². The van der Waals surface area contributed by atoms with Crippen molar-refractivity contribution in [3.8, 4) is 0 Å². The Morgan fingerprint density at radius 3 is 2.29 bits per heavy atom. The normalized spacial score (nSPS) is 42.7. The molecule has 4 aliphatic rings. The lowest BCUT2D eigenvalue weighted by molar-refractivity contribution is -0.160. The van der Waals surface area contributed by atoms with Gasteiger partial charge in [0.2, 0.25) is 0 Å². The summed E-state index contributed by atoms with van der Waals surface area (Å²) in [6.07, 6.45) is 13.0. The van der Waals surface area contributed by atoms with E-state index < -0.39 is 5.60 Å². The number of rotatable bonds is 5. The van der Waals surface area contributed by atoms with Crippen molar-refractivity contribution in [2.45, 2.75) is 131 Å². The molecule has 0 radical (unpaired) electrons. The van der Waals surface area contributed by atoms with Crippen LogP contribution in [0.3, 0.4) is 0 Å². The third kappa shape index (κ3) is 4.94. The van der Waals surface area contributed by atoms with Crippen molar-refractivity contribution in [3.05, 3.63) is 0 Å². The maximum atomic E-state index is 12.3. The summed E-state index contributed by atoms with van der Waals surface area (Å²) in [5.41, 5.74) is 0.448. The van der Waals surface area contributed by atoms with Gasteiger partial charge in [-0.25, -0.2) is 0 Å². The Morgan fingerprint density at radius 2 is 1.62 bits per heavy atom. The fraction of sp³-hybridized carbons (Fsp3) is 0.933. The molecule has 1 unspecified atom stereocenters. The molecule has 0 aromatic rings. The molecule has 0 aliphatic heterocycles. The minimum absolute atomic E-state index is 0.0432. The minimum Gasteiger partial charge on any atom is -0.463 e. The van der Waals surface area contributed by atoms with Crippen LogP contribution in [0.2, 0.25) is 0 Å². The lowest BCUT2D eigenvalue weighted by Gasteiger charge is -2.61. The molecule has 0 aromatic carbocycles. The molecular weight excluding hydrogens is 424 g/mol. The van der Waals surface area contributed by atoms with E-state index in [1.54, 1.807) is 6.92 Å². The van der Waals surface area contributed by atoms with Gasteiger partial charge in [0.05, 0.1) is 0 Å². The van der Waals surface area contributed by atoms with E-state index in [2.05, 4.69) is 20.8 Å². The van der Waals surface area contributed by atoms with Gasteiger partial charge in [-0.15, -0.1) is 0 Å². The zero-order valence-electron chi connectivity index (χ0n) is 23.0. The van der Waals surface area contributed by atoms with Crippen LogP contribution in [0, 0.1) is 46.3 Å². The second kappa shape index (κ2) is 9.43. The Bertz CT molecular complexity index is 768. The first kappa shape index (κ1) is 26.0. The molecular formula is C30H50O4. The quantitative estimate of drug-likeness (QED) is 0.391. The van der Waals surface area contributed by atoms with Gasteiger partial charge in [-0.05, 0) is 131 Å². The van der Waals surface area contributed by atoms with E-state index in [0.717, 1.165) is 42.9 Å². The fourth-order valence-corrected chi connectivity index (χ4v) is 9.47. The highest BCUT2D eigenvalue weighted by molar-refractivity contribution is 5.69. The van der Waals surface area contributed by atoms with Crippen molar-refractivity contribution >= 4 is 11.9 Å². The van der Waals surface area contributed by atoms with E-state index in [4.69, 9.17) is 9.47 Å². The van der Waals surface area contributed by atoms with Gasteiger partial charge < -0.3 is 9.47 Å². The molecule has 0 saturated heterocycles. The lowest BCUT2D eigenvalue weighted by atomic mass is 9.44. The number of hydrogen-bond acceptors (Lipinski definition) is 4. The summed E-state index contributed by atoms with van der Waals surface area (Å²) in [4.78, 5) is 23.9. The van der Waals surface area contributed by atoms with Crippen molar-refractivity contribution in [1.82, 2.24) is 0 Å². The summed E-state index contributed by atoms with van der Waals surface area (Å²) < 4.78 is 11.2. The molecule has 4 aliphatic carbocycles. The van der Waals surface area contributed by atoms with Gasteiger partial charge in [0.1, 0.15) is 11.7 Å². The monoisotopic (exact) mass is 474 g/mol. The highest BCUT2D eigenvalue weighted by Gasteiger charge is 2.60. The van der Waals surface area contributed by atoms with Crippen LogP contribution in [0.25, 0.3) is 0 Å². The summed E-state index contributed by atoms with van der Waals surface area (Å²) in [5, 5.41) is 0. The predicted molar refractivity (Wildman–Crippen MR) is 135 cm³/mol. The molecule has 0 spiro atoms. The number of carbonyl (C=O) groups is 2. The summed E-state index contributed by atoms with van der Waals surface area (Å²) >= 11 is 0. The Hall–Kier alpha value is -1.06. The number of hydrogen-bond donors (Lipinski definition) is 0. The van der Waals surface area contributed by atoms with Crippen molar-refractivity contribution in [1.29, 1.82) is 0 Å². The van der Waals surface area contributed by atoms with Crippen molar-refractivity contribution < 1.29 is 19.1 Å². The molecule has 4 fully saturated rings. The number of esters is 2. The van der Waals surface area contributed by atoms with Gasteiger partial charge in [-0.2, -0.15) is 0 Å². The zero-order valence-corrected chi connectivity index (χ0v) is 23.0.